The number of rotatable bonds is 6. The van der Waals surface area contributed by atoms with Crippen LogP contribution in [0.15, 0.2) is 0 Å². The summed E-state index contributed by atoms with van der Waals surface area (Å²) in [7, 11) is 1.72. The Kier molecular flexibility index (Phi) is 4.39. The second-order valence-corrected chi connectivity index (χ2v) is 5.04. The number of aliphatic hydroxyl groups is 1. The van der Waals surface area contributed by atoms with E-state index in [0.717, 1.165) is 25.4 Å². The van der Waals surface area contributed by atoms with Gasteiger partial charge in [-0.25, -0.2) is 0 Å². The van der Waals surface area contributed by atoms with Crippen LogP contribution in [0.1, 0.15) is 46.0 Å². The predicted molar refractivity (Wildman–Crippen MR) is 58.2 cm³/mol. The van der Waals surface area contributed by atoms with Gasteiger partial charge in [0.25, 0.3) is 0 Å². The van der Waals surface area contributed by atoms with Gasteiger partial charge in [0.15, 0.2) is 0 Å². The van der Waals surface area contributed by atoms with E-state index in [2.05, 4.69) is 6.92 Å². The molecule has 1 aliphatic rings. The molecule has 2 unspecified atom stereocenters. The second kappa shape index (κ2) is 5.13. The normalized spacial score (nSPS) is 24.0. The van der Waals surface area contributed by atoms with Gasteiger partial charge in [-0.1, -0.05) is 26.2 Å². The Hall–Kier alpha value is -0.0800. The Morgan fingerprint density at radius 1 is 1.50 bits per heavy atom. The van der Waals surface area contributed by atoms with E-state index < -0.39 is 5.60 Å². The molecule has 0 aliphatic heterocycles. The van der Waals surface area contributed by atoms with Crippen molar-refractivity contribution in [2.75, 3.05) is 13.7 Å². The molecule has 1 aliphatic carbocycles. The molecule has 0 heterocycles. The van der Waals surface area contributed by atoms with E-state index in [1.54, 1.807) is 7.11 Å². The molecule has 1 saturated carbocycles. The smallest absolute Gasteiger partial charge is 0.0648 e. The highest BCUT2D eigenvalue weighted by Gasteiger charge is 2.33. The Labute approximate surface area is 87.7 Å². The second-order valence-electron chi connectivity index (χ2n) is 5.04. The van der Waals surface area contributed by atoms with Crippen LogP contribution < -0.4 is 0 Å². The van der Waals surface area contributed by atoms with Crippen molar-refractivity contribution in [2.24, 2.45) is 11.8 Å². The standard InChI is InChI=1S/C12H24O2/c1-10(7-8-14-3)12(2,13)9-11-5-4-6-11/h10-11,13H,4-9H2,1-3H3. The van der Waals surface area contributed by atoms with Gasteiger partial charge in [-0.15, -0.1) is 0 Å². The first kappa shape index (κ1) is 12.0. The summed E-state index contributed by atoms with van der Waals surface area (Å²) in [4.78, 5) is 0. The molecule has 0 spiro atoms. The van der Waals surface area contributed by atoms with Crippen LogP contribution in [0.3, 0.4) is 0 Å². The number of hydrogen-bond acceptors (Lipinski definition) is 2. The van der Waals surface area contributed by atoms with Crippen LogP contribution >= 0.6 is 0 Å². The Balaban J connectivity index is 2.29. The minimum Gasteiger partial charge on any atom is -0.390 e. The zero-order valence-corrected chi connectivity index (χ0v) is 9.75. The Morgan fingerprint density at radius 2 is 2.14 bits per heavy atom. The monoisotopic (exact) mass is 200 g/mol. The lowest BCUT2D eigenvalue weighted by atomic mass is 9.73. The average Bonchev–Trinajstić information content (AvgIpc) is 2.07. The minimum absolute atomic E-state index is 0.336. The molecular formula is C12H24O2. The van der Waals surface area contributed by atoms with Crippen molar-refractivity contribution >= 4 is 0 Å². The summed E-state index contributed by atoms with van der Waals surface area (Å²) < 4.78 is 5.04. The van der Waals surface area contributed by atoms with Crippen molar-refractivity contribution in [1.82, 2.24) is 0 Å². The lowest BCUT2D eigenvalue weighted by Crippen LogP contribution is -2.37. The summed E-state index contributed by atoms with van der Waals surface area (Å²) in [5.74, 6) is 1.11. The first-order valence-corrected chi connectivity index (χ1v) is 5.77. The summed E-state index contributed by atoms with van der Waals surface area (Å²) in [6, 6.07) is 0. The van der Waals surface area contributed by atoms with Crippen molar-refractivity contribution in [3.05, 3.63) is 0 Å². The topological polar surface area (TPSA) is 29.5 Å². The van der Waals surface area contributed by atoms with E-state index in [9.17, 15) is 5.11 Å². The van der Waals surface area contributed by atoms with Crippen LogP contribution in [-0.2, 0) is 4.74 Å². The Bertz CT molecular complexity index is 162. The lowest BCUT2D eigenvalue weighted by Gasteiger charge is -2.37. The maximum absolute atomic E-state index is 10.3. The van der Waals surface area contributed by atoms with Gasteiger partial charge < -0.3 is 9.84 Å². The summed E-state index contributed by atoms with van der Waals surface area (Å²) in [6.07, 6.45) is 5.90. The van der Waals surface area contributed by atoms with E-state index in [0.29, 0.717) is 5.92 Å². The molecule has 0 bridgehead atoms. The molecule has 2 atom stereocenters. The molecule has 0 radical (unpaired) electrons. The van der Waals surface area contributed by atoms with Gasteiger partial charge in [0.05, 0.1) is 5.60 Å². The van der Waals surface area contributed by atoms with Crippen molar-refractivity contribution in [1.29, 1.82) is 0 Å². The molecule has 84 valence electrons. The SMILES string of the molecule is COCCC(C)C(C)(O)CC1CCC1. The van der Waals surface area contributed by atoms with Crippen LogP contribution in [0, 0.1) is 11.8 Å². The molecule has 1 rings (SSSR count). The van der Waals surface area contributed by atoms with Crippen LogP contribution in [0.4, 0.5) is 0 Å². The molecule has 0 aromatic rings. The average molecular weight is 200 g/mol. The molecule has 14 heavy (non-hydrogen) atoms. The van der Waals surface area contributed by atoms with E-state index in [-0.39, 0.29) is 0 Å². The van der Waals surface area contributed by atoms with Crippen LogP contribution in [0.5, 0.6) is 0 Å². The number of ether oxygens (including phenoxy) is 1. The molecular weight excluding hydrogens is 176 g/mol. The summed E-state index contributed by atoms with van der Waals surface area (Å²) in [5.41, 5.74) is -0.496. The summed E-state index contributed by atoms with van der Waals surface area (Å²) in [6.45, 7) is 4.85. The maximum Gasteiger partial charge on any atom is 0.0648 e. The fourth-order valence-electron chi connectivity index (χ4n) is 2.09. The fourth-order valence-corrected chi connectivity index (χ4v) is 2.09. The zero-order valence-electron chi connectivity index (χ0n) is 9.75. The number of hydrogen-bond donors (Lipinski definition) is 1. The molecule has 1 fully saturated rings. The highest BCUT2D eigenvalue weighted by molar-refractivity contribution is 4.85. The molecule has 0 aromatic heterocycles. The molecule has 0 amide bonds. The maximum atomic E-state index is 10.3. The van der Waals surface area contributed by atoms with Crippen molar-refractivity contribution in [3.8, 4) is 0 Å². The largest absolute Gasteiger partial charge is 0.390 e. The van der Waals surface area contributed by atoms with Crippen LogP contribution in [0.25, 0.3) is 0 Å². The van der Waals surface area contributed by atoms with Gasteiger partial charge in [0.2, 0.25) is 0 Å². The molecule has 2 nitrogen and oxygen atoms in total. The summed E-state index contributed by atoms with van der Waals surface area (Å²) in [5, 5.41) is 10.3. The third-order valence-electron chi connectivity index (χ3n) is 3.74. The van der Waals surface area contributed by atoms with Gasteiger partial charge in [0, 0.05) is 13.7 Å². The first-order chi connectivity index (χ1) is 6.56. The lowest BCUT2D eigenvalue weighted by molar-refractivity contribution is -0.0348. The van der Waals surface area contributed by atoms with Crippen molar-refractivity contribution in [2.45, 2.75) is 51.6 Å². The highest BCUT2D eigenvalue weighted by Crippen LogP contribution is 2.37. The van der Waals surface area contributed by atoms with Gasteiger partial charge in [-0.3, -0.25) is 0 Å². The van der Waals surface area contributed by atoms with Gasteiger partial charge in [-0.2, -0.15) is 0 Å². The third-order valence-corrected chi connectivity index (χ3v) is 3.74. The molecule has 1 N–H and O–H groups in total. The van der Waals surface area contributed by atoms with Crippen molar-refractivity contribution in [3.63, 3.8) is 0 Å². The quantitative estimate of drug-likeness (QED) is 0.714. The van der Waals surface area contributed by atoms with E-state index in [1.165, 1.54) is 19.3 Å². The Morgan fingerprint density at radius 3 is 2.57 bits per heavy atom. The fraction of sp³-hybridized carbons (Fsp3) is 1.00. The van der Waals surface area contributed by atoms with Crippen LogP contribution in [0.2, 0.25) is 0 Å². The van der Waals surface area contributed by atoms with Gasteiger partial charge >= 0.3 is 0 Å². The van der Waals surface area contributed by atoms with Gasteiger partial charge in [-0.05, 0) is 31.6 Å². The van der Waals surface area contributed by atoms with Crippen LogP contribution in [-0.4, -0.2) is 24.4 Å². The van der Waals surface area contributed by atoms with E-state index in [1.807, 2.05) is 6.92 Å². The van der Waals surface area contributed by atoms with Crippen molar-refractivity contribution < 1.29 is 9.84 Å². The van der Waals surface area contributed by atoms with Gasteiger partial charge in [0.1, 0.15) is 0 Å². The molecule has 0 saturated heterocycles. The van der Waals surface area contributed by atoms with E-state index in [4.69, 9.17) is 4.74 Å². The number of methoxy groups -OCH3 is 1. The first-order valence-electron chi connectivity index (χ1n) is 5.77. The zero-order chi connectivity index (χ0) is 10.6. The van der Waals surface area contributed by atoms with E-state index >= 15 is 0 Å². The minimum atomic E-state index is -0.496. The third kappa shape index (κ3) is 3.25. The highest BCUT2D eigenvalue weighted by atomic mass is 16.5. The summed E-state index contributed by atoms with van der Waals surface area (Å²) >= 11 is 0. The molecule has 0 aromatic carbocycles. The molecule has 2 heteroatoms. The predicted octanol–water partition coefficient (Wildman–Crippen LogP) is 2.60.